The van der Waals surface area contributed by atoms with Gasteiger partial charge in [0.05, 0.1) is 11.0 Å². The van der Waals surface area contributed by atoms with E-state index in [0.29, 0.717) is 28.9 Å². The number of hydrogen-bond acceptors (Lipinski definition) is 8. The number of fused-ring (bicyclic) bond motifs is 8. The highest BCUT2D eigenvalue weighted by Gasteiger charge is 2.19. The predicted molar refractivity (Wildman–Crippen MR) is 230 cm³/mol. The number of benzene rings is 7. The third-order valence-electron chi connectivity index (χ3n) is 10.9. The van der Waals surface area contributed by atoms with Gasteiger partial charge in [-0.25, -0.2) is 19.9 Å². The molecular formula is C50H28N6O2. The topological polar surface area (TPSA) is 104 Å². The van der Waals surface area contributed by atoms with Gasteiger partial charge in [-0.2, -0.15) is 0 Å². The molecule has 0 N–H and O–H groups in total. The molecule has 0 aliphatic heterocycles. The standard InChI is InChI=1S/C50H28N6O2/c1-2-9-31(10-3-1)47-54-48(56-49(55-47)38-24-26-52-46-37(38)21-20-30-11-8-25-51-45(30)46)32-18-16-29(17-19-32)33-22-23-39(35-13-5-4-12-34(33)35)50-53-41-27-40-36-14-6-7-15-42(36)57-43(40)28-44(41)58-50/h1-28H. The molecule has 12 aromatic rings. The molecule has 0 saturated heterocycles. The zero-order valence-electron chi connectivity index (χ0n) is 30.7. The fourth-order valence-corrected chi connectivity index (χ4v) is 8.09. The number of rotatable bonds is 5. The van der Waals surface area contributed by atoms with Crippen LogP contribution >= 0.6 is 0 Å². The molecule has 8 heteroatoms. The van der Waals surface area contributed by atoms with Crippen LogP contribution in [0, 0.1) is 0 Å². The third-order valence-corrected chi connectivity index (χ3v) is 10.9. The van der Waals surface area contributed by atoms with Gasteiger partial charge in [0.1, 0.15) is 16.7 Å². The summed E-state index contributed by atoms with van der Waals surface area (Å²) in [6, 6.07) is 53.2. The van der Waals surface area contributed by atoms with E-state index in [4.69, 9.17) is 33.8 Å². The van der Waals surface area contributed by atoms with Crippen LogP contribution < -0.4 is 0 Å². The van der Waals surface area contributed by atoms with Gasteiger partial charge in [0.15, 0.2) is 23.1 Å². The van der Waals surface area contributed by atoms with Gasteiger partial charge in [-0.05, 0) is 52.2 Å². The lowest BCUT2D eigenvalue weighted by Gasteiger charge is -2.12. The molecule has 5 heterocycles. The minimum absolute atomic E-state index is 0.566. The second kappa shape index (κ2) is 12.7. The van der Waals surface area contributed by atoms with Crippen molar-refractivity contribution < 1.29 is 8.83 Å². The smallest absolute Gasteiger partial charge is 0.227 e. The maximum Gasteiger partial charge on any atom is 0.227 e. The fraction of sp³-hybridized carbons (Fsp3) is 0. The van der Waals surface area contributed by atoms with Crippen molar-refractivity contribution in [1.82, 2.24) is 29.9 Å². The molecule has 7 aromatic carbocycles. The van der Waals surface area contributed by atoms with Crippen molar-refractivity contribution in [2.75, 3.05) is 0 Å². The van der Waals surface area contributed by atoms with Crippen molar-refractivity contribution in [2.24, 2.45) is 0 Å². The molecule has 12 rings (SSSR count). The largest absolute Gasteiger partial charge is 0.456 e. The molecule has 270 valence electrons. The highest BCUT2D eigenvalue weighted by Crippen LogP contribution is 2.39. The third kappa shape index (κ3) is 5.16. The molecule has 0 radical (unpaired) electrons. The van der Waals surface area contributed by atoms with Crippen LogP contribution in [0.25, 0.3) is 122 Å². The van der Waals surface area contributed by atoms with Gasteiger partial charge in [0.2, 0.25) is 5.89 Å². The average molecular weight is 745 g/mol. The maximum atomic E-state index is 6.41. The Kier molecular flexibility index (Phi) is 7.06. The summed E-state index contributed by atoms with van der Waals surface area (Å²) in [5, 5.41) is 6.18. The van der Waals surface area contributed by atoms with E-state index in [9.17, 15) is 0 Å². The van der Waals surface area contributed by atoms with Crippen LogP contribution in [0.15, 0.2) is 179 Å². The second-order valence-corrected chi connectivity index (χ2v) is 14.3. The van der Waals surface area contributed by atoms with Gasteiger partial charge in [0, 0.05) is 62.3 Å². The molecule has 0 aliphatic rings. The first-order valence-corrected chi connectivity index (χ1v) is 19.0. The van der Waals surface area contributed by atoms with Crippen LogP contribution in [0.1, 0.15) is 0 Å². The molecule has 58 heavy (non-hydrogen) atoms. The summed E-state index contributed by atoms with van der Waals surface area (Å²) < 4.78 is 12.5. The summed E-state index contributed by atoms with van der Waals surface area (Å²) in [6.45, 7) is 0. The van der Waals surface area contributed by atoms with E-state index in [1.54, 1.807) is 12.4 Å². The van der Waals surface area contributed by atoms with Crippen LogP contribution in [-0.2, 0) is 0 Å². The van der Waals surface area contributed by atoms with Crippen molar-refractivity contribution in [3.63, 3.8) is 0 Å². The van der Waals surface area contributed by atoms with E-state index in [0.717, 1.165) is 93.4 Å². The molecule has 0 fully saturated rings. The lowest BCUT2D eigenvalue weighted by atomic mass is 9.94. The van der Waals surface area contributed by atoms with E-state index >= 15 is 0 Å². The van der Waals surface area contributed by atoms with Crippen LogP contribution in [0.4, 0.5) is 0 Å². The number of para-hydroxylation sites is 1. The van der Waals surface area contributed by atoms with Gasteiger partial charge in [-0.3, -0.25) is 9.97 Å². The van der Waals surface area contributed by atoms with Crippen molar-refractivity contribution in [3.8, 4) is 56.7 Å². The summed E-state index contributed by atoms with van der Waals surface area (Å²) in [4.78, 5) is 29.4. The number of nitrogens with zero attached hydrogens (tertiary/aromatic N) is 6. The molecular weight excluding hydrogens is 717 g/mol. The summed E-state index contributed by atoms with van der Waals surface area (Å²) in [7, 11) is 0. The fourth-order valence-electron chi connectivity index (χ4n) is 8.09. The van der Waals surface area contributed by atoms with Gasteiger partial charge < -0.3 is 8.83 Å². The van der Waals surface area contributed by atoms with E-state index in [-0.39, 0.29) is 0 Å². The summed E-state index contributed by atoms with van der Waals surface area (Å²) in [5.41, 5.74) is 10.5. The van der Waals surface area contributed by atoms with E-state index in [1.807, 2.05) is 78.9 Å². The molecule has 0 aliphatic carbocycles. The molecule has 0 atom stereocenters. The zero-order valence-corrected chi connectivity index (χ0v) is 30.7. The minimum atomic E-state index is 0.566. The van der Waals surface area contributed by atoms with Gasteiger partial charge >= 0.3 is 0 Å². The van der Waals surface area contributed by atoms with Crippen LogP contribution in [-0.4, -0.2) is 29.9 Å². The SMILES string of the molecule is c1ccc(-c2nc(-c3ccc(-c4ccc(-c5nc6cc7c(cc6o5)oc5ccccc57)c5ccccc45)cc3)nc(-c3ccnc4c3ccc3cccnc34)n2)cc1. The molecule has 0 bridgehead atoms. The number of oxazole rings is 1. The monoisotopic (exact) mass is 744 g/mol. The first-order chi connectivity index (χ1) is 28.7. The van der Waals surface area contributed by atoms with Crippen molar-refractivity contribution in [3.05, 3.63) is 170 Å². The number of furan rings is 1. The predicted octanol–water partition coefficient (Wildman–Crippen LogP) is 12.5. The van der Waals surface area contributed by atoms with Gasteiger partial charge in [0.25, 0.3) is 0 Å². The zero-order chi connectivity index (χ0) is 38.2. The van der Waals surface area contributed by atoms with E-state index in [2.05, 4.69) is 83.8 Å². The Morgan fingerprint density at radius 1 is 0.345 bits per heavy atom. The van der Waals surface area contributed by atoms with Gasteiger partial charge in [-0.15, -0.1) is 0 Å². The lowest BCUT2D eigenvalue weighted by molar-refractivity contribution is 0.618. The lowest BCUT2D eigenvalue weighted by Crippen LogP contribution is -2.01. The number of aromatic nitrogens is 6. The summed E-state index contributed by atoms with van der Waals surface area (Å²) >= 11 is 0. The van der Waals surface area contributed by atoms with Gasteiger partial charge in [-0.1, -0.05) is 121 Å². The Morgan fingerprint density at radius 3 is 1.88 bits per heavy atom. The van der Waals surface area contributed by atoms with Crippen molar-refractivity contribution >= 4 is 65.6 Å². The molecule has 0 saturated carbocycles. The Morgan fingerprint density at radius 2 is 1.03 bits per heavy atom. The van der Waals surface area contributed by atoms with Crippen molar-refractivity contribution in [1.29, 1.82) is 0 Å². The van der Waals surface area contributed by atoms with E-state index in [1.165, 1.54) is 0 Å². The number of pyridine rings is 2. The highest BCUT2D eigenvalue weighted by molar-refractivity contribution is 6.10. The Hall–Kier alpha value is -8.10. The molecule has 0 unspecified atom stereocenters. The first-order valence-electron chi connectivity index (χ1n) is 19.0. The Labute approximate surface area is 330 Å². The van der Waals surface area contributed by atoms with E-state index < -0.39 is 0 Å². The molecule has 0 amide bonds. The van der Waals surface area contributed by atoms with Crippen LogP contribution in [0.3, 0.4) is 0 Å². The first kappa shape index (κ1) is 32.2. The van der Waals surface area contributed by atoms with Crippen LogP contribution in [0.2, 0.25) is 0 Å². The quantitative estimate of drug-likeness (QED) is 0.160. The Bertz CT molecular complexity index is 3580. The maximum absolute atomic E-state index is 6.41. The Balaban J connectivity index is 0.942. The van der Waals surface area contributed by atoms with Crippen molar-refractivity contribution in [2.45, 2.75) is 0 Å². The number of hydrogen-bond donors (Lipinski definition) is 0. The average Bonchev–Trinajstić information content (AvgIpc) is 3.88. The summed E-state index contributed by atoms with van der Waals surface area (Å²) in [5.74, 6) is 2.31. The second-order valence-electron chi connectivity index (χ2n) is 14.3. The molecule has 0 spiro atoms. The van der Waals surface area contributed by atoms with Crippen LogP contribution in [0.5, 0.6) is 0 Å². The normalized spacial score (nSPS) is 11.8. The molecule has 8 nitrogen and oxygen atoms in total. The molecule has 5 aromatic heterocycles. The summed E-state index contributed by atoms with van der Waals surface area (Å²) in [6.07, 6.45) is 3.59. The highest BCUT2D eigenvalue weighted by atomic mass is 16.4. The minimum Gasteiger partial charge on any atom is -0.456 e.